The number of nitrogens with zero attached hydrogens (tertiary/aromatic N) is 1. The Bertz CT molecular complexity index is 338. The van der Waals surface area contributed by atoms with Gasteiger partial charge in [-0.05, 0) is 18.6 Å². The van der Waals surface area contributed by atoms with Crippen LogP contribution in [-0.4, -0.2) is 10.0 Å². The minimum Gasteiger partial charge on any atom is -0.389 e. The maximum atomic E-state index is 10.4. The van der Waals surface area contributed by atoms with Crippen LogP contribution in [0.15, 0.2) is 18.2 Å². The highest BCUT2D eigenvalue weighted by molar-refractivity contribution is 6.32. The fourth-order valence-corrected chi connectivity index (χ4v) is 1.12. The van der Waals surface area contributed by atoms with Gasteiger partial charge < -0.3 is 5.11 Å². The molecule has 5 heteroatoms. The van der Waals surface area contributed by atoms with Gasteiger partial charge in [0.2, 0.25) is 0 Å². The minimum absolute atomic E-state index is 0.0781. The molecule has 0 heterocycles. The zero-order valence-corrected chi connectivity index (χ0v) is 7.65. The molecular weight excluding hydrogens is 194 g/mol. The molecule has 0 aromatic heterocycles. The number of halogens is 1. The number of benzene rings is 1. The number of nitro groups is 1. The average molecular weight is 202 g/mol. The fourth-order valence-electron chi connectivity index (χ4n) is 0.929. The SMILES string of the molecule is C[C@H](O)c1ccc(Cl)c([N+](=O)[O-])c1. The predicted molar refractivity (Wildman–Crippen MR) is 48.7 cm³/mol. The van der Waals surface area contributed by atoms with E-state index in [1.54, 1.807) is 6.07 Å². The van der Waals surface area contributed by atoms with Crippen LogP contribution in [0.5, 0.6) is 0 Å². The summed E-state index contributed by atoms with van der Waals surface area (Å²) in [5.41, 5.74) is 0.302. The molecule has 13 heavy (non-hydrogen) atoms. The highest BCUT2D eigenvalue weighted by atomic mass is 35.5. The van der Waals surface area contributed by atoms with Crippen molar-refractivity contribution in [3.63, 3.8) is 0 Å². The lowest BCUT2D eigenvalue weighted by Crippen LogP contribution is -1.94. The van der Waals surface area contributed by atoms with Crippen LogP contribution in [0.4, 0.5) is 5.69 Å². The maximum absolute atomic E-state index is 10.4. The van der Waals surface area contributed by atoms with Gasteiger partial charge in [0.1, 0.15) is 5.02 Å². The number of aliphatic hydroxyl groups excluding tert-OH is 1. The van der Waals surface area contributed by atoms with Crippen LogP contribution in [0.3, 0.4) is 0 Å². The maximum Gasteiger partial charge on any atom is 0.288 e. The lowest BCUT2D eigenvalue weighted by atomic mass is 10.1. The molecule has 0 radical (unpaired) electrons. The molecule has 0 aliphatic rings. The summed E-state index contributed by atoms with van der Waals surface area (Å²) < 4.78 is 0. The van der Waals surface area contributed by atoms with Crippen LogP contribution in [0, 0.1) is 10.1 Å². The summed E-state index contributed by atoms with van der Waals surface area (Å²) in [6, 6.07) is 4.23. The molecule has 1 rings (SSSR count). The van der Waals surface area contributed by atoms with E-state index in [1.807, 2.05) is 0 Å². The van der Waals surface area contributed by atoms with Gasteiger partial charge in [0.05, 0.1) is 11.0 Å². The van der Waals surface area contributed by atoms with Crippen LogP contribution in [0.1, 0.15) is 18.6 Å². The predicted octanol–water partition coefficient (Wildman–Crippen LogP) is 2.30. The molecule has 0 bridgehead atoms. The lowest BCUT2D eigenvalue weighted by Gasteiger charge is -2.03. The van der Waals surface area contributed by atoms with Crippen molar-refractivity contribution in [2.75, 3.05) is 0 Å². The van der Waals surface area contributed by atoms with Gasteiger partial charge in [-0.1, -0.05) is 17.7 Å². The van der Waals surface area contributed by atoms with E-state index in [4.69, 9.17) is 16.7 Å². The number of rotatable bonds is 2. The number of nitro benzene ring substituents is 1. The first-order chi connectivity index (χ1) is 6.02. The van der Waals surface area contributed by atoms with Crippen LogP contribution in [0.25, 0.3) is 0 Å². The molecule has 1 aromatic carbocycles. The first-order valence-corrected chi connectivity index (χ1v) is 4.02. The van der Waals surface area contributed by atoms with E-state index in [0.717, 1.165) is 0 Å². The third-order valence-electron chi connectivity index (χ3n) is 1.65. The minimum atomic E-state index is -0.726. The van der Waals surface area contributed by atoms with Gasteiger partial charge in [-0.3, -0.25) is 10.1 Å². The molecule has 0 spiro atoms. The van der Waals surface area contributed by atoms with Gasteiger partial charge >= 0.3 is 0 Å². The molecule has 4 nitrogen and oxygen atoms in total. The molecule has 0 aliphatic carbocycles. The molecule has 0 saturated carbocycles. The van der Waals surface area contributed by atoms with E-state index in [-0.39, 0.29) is 10.7 Å². The van der Waals surface area contributed by atoms with E-state index < -0.39 is 11.0 Å². The van der Waals surface area contributed by atoms with Crippen molar-refractivity contribution in [1.29, 1.82) is 0 Å². The molecule has 0 aliphatic heterocycles. The Morgan fingerprint density at radius 3 is 2.69 bits per heavy atom. The zero-order chi connectivity index (χ0) is 10.0. The monoisotopic (exact) mass is 201 g/mol. The van der Waals surface area contributed by atoms with Gasteiger partial charge in [-0.15, -0.1) is 0 Å². The molecule has 70 valence electrons. The smallest absolute Gasteiger partial charge is 0.288 e. The van der Waals surface area contributed by atoms with Crippen molar-refractivity contribution >= 4 is 17.3 Å². The normalized spacial score (nSPS) is 12.5. The second kappa shape index (κ2) is 3.72. The zero-order valence-electron chi connectivity index (χ0n) is 6.90. The quantitative estimate of drug-likeness (QED) is 0.590. The van der Waals surface area contributed by atoms with Crippen molar-refractivity contribution < 1.29 is 10.0 Å². The van der Waals surface area contributed by atoms with Crippen molar-refractivity contribution in [3.8, 4) is 0 Å². The van der Waals surface area contributed by atoms with Gasteiger partial charge in [0.25, 0.3) is 5.69 Å². The summed E-state index contributed by atoms with van der Waals surface area (Å²) in [4.78, 5) is 9.86. The second-order valence-electron chi connectivity index (χ2n) is 2.64. The number of hydrogen-bond acceptors (Lipinski definition) is 3. The third-order valence-corrected chi connectivity index (χ3v) is 1.97. The summed E-state index contributed by atoms with van der Waals surface area (Å²) in [7, 11) is 0. The highest BCUT2D eigenvalue weighted by Gasteiger charge is 2.14. The van der Waals surface area contributed by atoms with Gasteiger partial charge in [0.15, 0.2) is 0 Å². The summed E-state index contributed by atoms with van der Waals surface area (Å²) in [5.74, 6) is 0. The lowest BCUT2D eigenvalue weighted by molar-refractivity contribution is -0.384. The molecule has 1 aromatic rings. The molecule has 1 N–H and O–H groups in total. The van der Waals surface area contributed by atoms with Crippen molar-refractivity contribution in [2.45, 2.75) is 13.0 Å². The fraction of sp³-hybridized carbons (Fsp3) is 0.250. The standard InChI is InChI=1S/C8H8ClNO3/c1-5(11)6-2-3-7(9)8(4-6)10(12)13/h2-5,11H,1H3/t5-/m0/s1. The molecular formula is C8H8ClNO3. The van der Waals surface area contributed by atoms with E-state index >= 15 is 0 Å². The molecule has 0 amide bonds. The summed E-state index contributed by atoms with van der Waals surface area (Å²) in [5, 5.41) is 19.7. The first-order valence-electron chi connectivity index (χ1n) is 3.64. The van der Waals surface area contributed by atoms with Crippen molar-refractivity contribution in [3.05, 3.63) is 38.9 Å². The van der Waals surface area contributed by atoms with E-state index in [0.29, 0.717) is 5.56 Å². The summed E-state index contributed by atoms with van der Waals surface area (Å²) >= 11 is 5.57. The summed E-state index contributed by atoms with van der Waals surface area (Å²) in [6.45, 7) is 1.53. The third kappa shape index (κ3) is 2.17. The van der Waals surface area contributed by atoms with E-state index in [1.165, 1.54) is 19.1 Å². The van der Waals surface area contributed by atoms with Crippen LogP contribution < -0.4 is 0 Å². The Balaban J connectivity index is 3.19. The Labute approximate surface area is 79.9 Å². The molecule has 0 unspecified atom stereocenters. The summed E-state index contributed by atoms with van der Waals surface area (Å²) in [6.07, 6.45) is -0.726. The van der Waals surface area contributed by atoms with Gasteiger partial charge in [-0.2, -0.15) is 0 Å². The largest absolute Gasteiger partial charge is 0.389 e. The van der Waals surface area contributed by atoms with Gasteiger partial charge in [-0.25, -0.2) is 0 Å². The molecule has 1 atom stereocenters. The van der Waals surface area contributed by atoms with Crippen molar-refractivity contribution in [2.24, 2.45) is 0 Å². The Morgan fingerprint density at radius 1 is 1.62 bits per heavy atom. The average Bonchev–Trinajstić information content (AvgIpc) is 2.04. The topological polar surface area (TPSA) is 63.4 Å². The molecule has 0 saturated heterocycles. The second-order valence-corrected chi connectivity index (χ2v) is 3.05. The number of hydrogen-bond donors (Lipinski definition) is 1. The Hall–Kier alpha value is -1.13. The molecule has 0 fully saturated rings. The highest BCUT2D eigenvalue weighted by Crippen LogP contribution is 2.27. The van der Waals surface area contributed by atoms with E-state index in [2.05, 4.69) is 0 Å². The Morgan fingerprint density at radius 2 is 2.23 bits per heavy atom. The van der Waals surface area contributed by atoms with Gasteiger partial charge in [0, 0.05) is 6.07 Å². The van der Waals surface area contributed by atoms with Crippen LogP contribution in [0.2, 0.25) is 5.02 Å². The van der Waals surface area contributed by atoms with Crippen LogP contribution in [-0.2, 0) is 0 Å². The number of aliphatic hydroxyl groups is 1. The van der Waals surface area contributed by atoms with E-state index in [9.17, 15) is 10.1 Å². The van der Waals surface area contributed by atoms with Crippen LogP contribution >= 0.6 is 11.6 Å². The van der Waals surface area contributed by atoms with Crippen molar-refractivity contribution in [1.82, 2.24) is 0 Å². The Kier molecular flexibility index (Phi) is 2.85. The first kappa shape index (κ1) is 9.95.